The fourth-order valence-electron chi connectivity index (χ4n) is 5.12. The number of rotatable bonds is 5. The van der Waals surface area contributed by atoms with Crippen molar-refractivity contribution >= 4 is 17.6 Å². The van der Waals surface area contributed by atoms with Crippen molar-refractivity contribution in [3.05, 3.63) is 29.8 Å². The Kier molecular flexibility index (Phi) is 6.21. The summed E-state index contributed by atoms with van der Waals surface area (Å²) in [4.78, 5) is 23.4. The molecule has 3 aliphatic rings. The summed E-state index contributed by atoms with van der Waals surface area (Å²) in [6, 6.07) is 9.03. The highest BCUT2D eigenvalue weighted by Crippen LogP contribution is 2.42. The molecule has 164 valence electrons. The molecule has 0 radical (unpaired) electrons. The maximum absolute atomic E-state index is 12.2. The summed E-state index contributed by atoms with van der Waals surface area (Å²) in [6.45, 7) is 5.15. The molecule has 2 saturated carbocycles. The minimum Gasteiger partial charge on any atom is -0.382 e. The number of hydrogen-bond acceptors (Lipinski definition) is 3. The summed E-state index contributed by atoms with van der Waals surface area (Å²) in [6.07, 6.45) is 9.26. The van der Waals surface area contributed by atoms with Gasteiger partial charge >= 0.3 is 6.03 Å². The van der Waals surface area contributed by atoms with Gasteiger partial charge in [0, 0.05) is 24.3 Å². The van der Waals surface area contributed by atoms with E-state index in [1.165, 1.54) is 36.9 Å². The zero-order chi connectivity index (χ0) is 21.1. The molecule has 1 unspecified atom stereocenters. The summed E-state index contributed by atoms with van der Waals surface area (Å²) in [5.41, 5.74) is 3.19. The summed E-state index contributed by atoms with van der Waals surface area (Å²) in [5, 5.41) is 12.0. The van der Waals surface area contributed by atoms with Crippen LogP contribution < -0.4 is 21.3 Å². The molecule has 30 heavy (non-hydrogen) atoms. The van der Waals surface area contributed by atoms with Gasteiger partial charge in [0.25, 0.3) is 0 Å². The lowest BCUT2D eigenvalue weighted by molar-refractivity contribution is -0.123. The molecule has 1 aromatic rings. The van der Waals surface area contributed by atoms with Gasteiger partial charge in [-0.05, 0) is 80.4 Å². The molecule has 0 aromatic heterocycles. The number of hydrogen-bond donors (Lipinski definition) is 4. The number of anilines is 1. The summed E-state index contributed by atoms with van der Waals surface area (Å²) < 4.78 is 0. The lowest BCUT2D eigenvalue weighted by atomic mass is 9.71. The minimum atomic E-state index is -0.443. The molecule has 0 bridgehead atoms. The Labute approximate surface area is 180 Å². The quantitative estimate of drug-likeness (QED) is 0.592. The third kappa shape index (κ3) is 5.27. The van der Waals surface area contributed by atoms with Crippen LogP contribution in [0.1, 0.15) is 76.7 Å². The standard InChI is InChI=1S/C24H36N4O2/c1-24(2)13-11-17(12-14-24)16-3-5-18(6-4-16)26-19-7-9-20(10-8-19)27-22(29)21-15-25-23(30)28-21/h3-6,17,19-21,26H,7-15H2,1-2H3,(H,27,29)(H2,25,28,30). The zero-order valence-electron chi connectivity index (χ0n) is 18.3. The molecule has 4 rings (SSSR count). The predicted molar refractivity (Wildman–Crippen MR) is 120 cm³/mol. The average molecular weight is 413 g/mol. The molecule has 1 aromatic carbocycles. The number of benzene rings is 1. The Balaban J connectivity index is 1.20. The van der Waals surface area contributed by atoms with Gasteiger partial charge in [-0.25, -0.2) is 4.79 Å². The van der Waals surface area contributed by atoms with E-state index in [1.54, 1.807) is 0 Å². The fourth-order valence-corrected chi connectivity index (χ4v) is 5.12. The van der Waals surface area contributed by atoms with Crippen LogP contribution in [0.5, 0.6) is 0 Å². The first kappa shape index (κ1) is 21.0. The van der Waals surface area contributed by atoms with Crippen LogP contribution in [0.4, 0.5) is 10.5 Å². The smallest absolute Gasteiger partial charge is 0.315 e. The van der Waals surface area contributed by atoms with Crippen molar-refractivity contribution in [1.29, 1.82) is 0 Å². The zero-order valence-corrected chi connectivity index (χ0v) is 18.3. The Bertz CT molecular complexity index is 743. The molecule has 6 heteroatoms. The molecule has 0 spiro atoms. The summed E-state index contributed by atoms with van der Waals surface area (Å²) in [7, 11) is 0. The molecule has 1 heterocycles. The number of amides is 3. The van der Waals surface area contributed by atoms with Gasteiger partial charge in [0.05, 0.1) is 0 Å². The van der Waals surface area contributed by atoms with Crippen LogP contribution >= 0.6 is 0 Å². The first-order valence-electron chi connectivity index (χ1n) is 11.6. The van der Waals surface area contributed by atoms with E-state index in [2.05, 4.69) is 59.4 Å². The predicted octanol–water partition coefficient (Wildman–Crippen LogP) is 3.89. The van der Waals surface area contributed by atoms with Crippen LogP contribution in [0.25, 0.3) is 0 Å². The largest absolute Gasteiger partial charge is 0.382 e. The van der Waals surface area contributed by atoms with Crippen molar-refractivity contribution in [2.24, 2.45) is 5.41 Å². The Morgan fingerprint density at radius 3 is 2.20 bits per heavy atom. The molecule has 6 nitrogen and oxygen atoms in total. The number of nitrogens with one attached hydrogen (secondary N) is 4. The Hall–Kier alpha value is -2.24. The minimum absolute atomic E-state index is 0.0774. The lowest BCUT2D eigenvalue weighted by Gasteiger charge is -2.34. The van der Waals surface area contributed by atoms with Crippen molar-refractivity contribution in [3.63, 3.8) is 0 Å². The number of carbonyl (C=O) groups excluding carboxylic acids is 2. The Morgan fingerprint density at radius 1 is 0.967 bits per heavy atom. The molecule has 1 saturated heterocycles. The van der Waals surface area contributed by atoms with E-state index in [0.717, 1.165) is 25.7 Å². The molecule has 1 atom stereocenters. The average Bonchev–Trinajstić information content (AvgIpc) is 3.17. The van der Waals surface area contributed by atoms with E-state index < -0.39 is 6.04 Å². The van der Waals surface area contributed by atoms with E-state index in [1.807, 2.05) is 0 Å². The van der Waals surface area contributed by atoms with E-state index in [0.29, 0.717) is 23.9 Å². The molecule has 3 amide bonds. The van der Waals surface area contributed by atoms with Crippen LogP contribution in [0.15, 0.2) is 24.3 Å². The third-order valence-corrected chi connectivity index (χ3v) is 7.25. The highest BCUT2D eigenvalue weighted by molar-refractivity contribution is 5.90. The van der Waals surface area contributed by atoms with Crippen molar-refractivity contribution < 1.29 is 9.59 Å². The van der Waals surface area contributed by atoms with Gasteiger partial charge in [-0.1, -0.05) is 26.0 Å². The number of urea groups is 1. The van der Waals surface area contributed by atoms with E-state index >= 15 is 0 Å². The van der Waals surface area contributed by atoms with Gasteiger partial charge in [0.15, 0.2) is 0 Å². The maximum Gasteiger partial charge on any atom is 0.315 e. The second-order valence-electron chi connectivity index (χ2n) is 10.2. The van der Waals surface area contributed by atoms with Gasteiger partial charge in [0.1, 0.15) is 6.04 Å². The molecule has 3 fully saturated rings. The molecular formula is C24H36N4O2. The van der Waals surface area contributed by atoms with Gasteiger partial charge in [-0.15, -0.1) is 0 Å². The van der Waals surface area contributed by atoms with E-state index in [9.17, 15) is 9.59 Å². The summed E-state index contributed by atoms with van der Waals surface area (Å²) in [5.74, 6) is 0.637. The van der Waals surface area contributed by atoms with Crippen LogP contribution in [0.2, 0.25) is 0 Å². The second kappa shape index (κ2) is 8.86. The molecule has 4 N–H and O–H groups in total. The highest BCUT2D eigenvalue weighted by atomic mass is 16.2. The van der Waals surface area contributed by atoms with Crippen LogP contribution in [0.3, 0.4) is 0 Å². The van der Waals surface area contributed by atoms with Crippen LogP contribution in [0, 0.1) is 5.41 Å². The van der Waals surface area contributed by atoms with Crippen molar-refractivity contribution in [2.75, 3.05) is 11.9 Å². The van der Waals surface area contributed by atoms with E-state index in [4.69, 9.17) is 0 Å². The molecule has 2 aliphatic carbocycles. The summed E-state index contributed by atoms with van der Waals surface area (Å²) >= 11 is 0. The third-order valence-electron chi connectivity index (χ3n) is 7.25. The van der Waals surface area contributed by atoms with E-state index in [-0.39, 0.29) is 18.0 Å². The monoisotopic (exact) mass is 412 g/mol. The first-order chi connectivity index (χ1) is 14.4. The van der Waals surface area contributed by atoms with Gasteiger partial charge in [-0.3, -0.25) is 4.79 Å². The normalized spacial score (nSPS) is 29.0. The van der Waals surface area contributed by atoms with Crippen molar-refractivity contribution in [1.82, 2.24) is 16.0 Å². The number of carbonyl (C=O) groups is 2. The molecular weight excluding hydrogens is 376 g/mol. The maximum atomic E-state index is 12.2. The lowest BCUT2D eigenvalue weighted by Crippen LogP contribution is -2.48. The van der Waals surface area contributed by atoms with Gasteiger partial charge < -0.3 is 21.3 Å². The first-order valence-corrected chi connectivity index (χ1v) is 11.6. The topological polar surface area (TPSA) is 82.3 Å². The molecule has 1 aliphatic heterocycles. The second-order valence-corrected chi connectivity index (χ2v) is 10.2. The van der Waals surface area contributed by atoms with Crippen molar-refractivity contribution in [2.45, 2.75) is 89.3 Å². The van der Waals surface area contributed by atoms with Crippen molar-refractivity contribution in [3.8, 4) is 0 Å². The fraction of sp³-hybridized carbons (Fsp3) is 0.667. The van der Waals surface area contributed by atoms with Crippen LogP contribution in [-0.2, 0) is 4.79 Å². The van der Waals surface area contributed by atoms with Gasteiger partial charge in [0.2, 0.25) is 5.91 Å². The van der Waals surface area contributed by atoms with Gasteiger partial charge in [-0.2, -0.15) is 0 Å². The SMILES string of the molecule is CC1(C)CCC(c2ccc(NC3CCC(NC(=O)C4CNC(=O)N4)CC3)cc2)CC1. The Morgan fingerprint density at radius 2 is 1.60 bits per heavy atom. The van der Waals surface area contributed by atoms with Crippen LogP contribution in [-0.4, -0.2) is 36.6 Å². The highest BCUT2D eigenvalue weighted by Gasteiger charge is 2.30.